The molecule has 2 rings (SSSR count). The van der Waals surface area contributed by atoms with Crippen LogP contribution in [0.25, 0.3) is 10.8 Å². The highest BCUT2D eigenvalue weighted by atomic mass is 14.7. The summed E-state index contributed by atoms with van der Waals surface area (Å²) < 4.78 is 0. The highest BCUT2D eigenvalue weighted by Crippen LogP contribution is 2.28. The Hall–Kier alpha value is -1.37. The summed E-state index contributed by atoms with van der Waals surface area (Å²) in [7, 11) is 0. The third kappa shape index (κ3) is 1.43. The molecule has 78 valence electrons. The number of aryl methyl sites for hydroxylation is 5. The van der Waals surface area contributed by atoms with Gasteiger partial charge in [0.1, 0.15) is 0 Å². The molecule has 1 aromatic heterocycles. The van der Waals surface area contributed by atoms with Gasteiger partial charge >= 0.3 is 0 Å². The van der Waals surface area contributed by atoms with Crippen LogP contribution >= 0.6 is 0 Å². The number of hydrogen-bond acceptors (Lipinski definition) is 1. The monoisotopic (exact) mass is 199 g/mol. The van der Waals surface area contributed by atoms with E-state index >= 15 is 0 Å². The van der Waals surface area contributed by atoms with E-state index in [4.69, 9.17) is 0 Å². The maximum Gasteiger partial charge on any atom is 0.0457 e. The van der Waals surface area contributed by atoms with Gasteiger partial charge in [0.05, 0.1) is 0 Å². The molecular weight excluding hydrogens is 182 g/mol. The standard InChI is InChI=1S/C14H17N/c1-8-6-7-9(2)14-12(5)15-11(4)10(3)13(8)14/h6-7H,1-5H3. The molecule has 0 saturated carbocycles. The minimum absolute atomic E-state index is 1.15. The predicted molar refractivity (Wildman–Crippen MR) is 65.4 cm³/mol. The molecule has 0 aliphatic rings. The van der Waals surface area contributed by atoms with Crippen LogP contribution in [0.15, 0.2) is 12.1 Å². The first-order chi connectivity index (χ1) is 7.02. The van der Waals surface area contributed by atoms with Crippen molar-refractivity contribution in [1.82, 2.24) is 4.98 Å². The second-order valence-electron chi connectivity index (χ2n) is 4.36. The van der Waals surface area contributed by atoms with Gasteiger partial charge in [0.15, 0.2) is 0 Å². The summed E-state index contributed by atoms with van der Waals surface area (Å²) in [6.07, 6.45) is 0. The van der Waals surface area contributed by atoms with Crippen molar-refractivity contribution in [2.45, 2.75) is 34.6 Å². The maximum absolute atomic E-state index is 4.60. The second-order valence-corrected chi connectivity index (χ2v) is 4.36. The second kappa shape index (κ2) is 3.34. The summed E-state index contributed by atoms with van der Waals surface area (Å²) in [6.45, 7) is 10.7. The van der Waals surface area contributed by atoms with Crippen LogP contribution in [0.5, 0.6) is 0 Å². The first-order valence-corrected chi connectivity index (χ1v) is 5.36. The van der Waals surface area contributed by atoms with Gasteiger partial charge in [-0.3, -0.25) is 4.98 Å². The molecule has 0 atom stereocenters. The molecule has 2 aromatic rings. The first kappa shape index (κ1) is 10.2. The van der Waals surface area contributed by atoms with E-state index < -0.39 is 0 Å². The summed E-state index contributed by atoms with van der Waals surface area (Å²) in [5.74, 6) is 0. The lowest BCUT2D eigenvalue weighted by molar-refractivity contribution is 1.11. The molecule has 0 saturated heterocycles. The lowest BCUT2D eigenvalue weighted by atomic mass is 9.96. The van der Waals surface area contributed by atoms with Crippen molar-refractivity contribution in [2.75, 3.05) is 0 Å². The molecule has 0 aliphatic carbocycles. The van der Waals surface area contributed by atoms with E-state index in [0.29, 0.717) is 0 Å². The summed E-state index contributed by atoms with van der Waals surface area (Å²) in [5.41, 5.74) is 6.28. The fourth-order valence-electron chi connectivity index (χ4n) is 2.33. The van der Waals surface area contributed by atoms with Gasteiger partial charge in [0.25, 0.3) is 0 Å². The first-order valence-electron chi connectivity index (χ1n) is 5.36. The smallest absolute Gasteiger partial charge is 0.0457 e. The van der Waals surface area contributed by atoms with Crippen LogP contribution in [0, 0.1) is 34.6 Å². The van der Waals surface area contributed by atoms with Crippen LogP contribution in [0.4, 0.5) is 0 Å². The van der Waals surface area contributed by atoms with Crippen molar-refractivity contribution in [2.24, 2.45) is 0 Å². The summed E-state index contributed by atoms with van der Waals surface area (Å²) >= 11 is 0. The quantitative estimate of drug-likeness (QED) is 0.629. The molecule has 0 aliphatic heterocycles. The highest BCUT2D eigenvalue weighted by molar-refractivity contribution is 5.93. The molecule has 1 nitrogen and oxygen atoms in total. The van der Waals surface area contributed by atoms with E-state index in [2.05, 4.69) is 51.7 Å². The van der Waals surface area contributed by atoms with Crippen LogP contribution < -0.4 is 0 Å². The summed E-state index contributed by atoms with van der Waals surface area (Å²) in [5, 5.41) is 2.72. The topological polar surface area (TPSA) is 12.9 Å². The third-order valence-corrected chi connectivity index (χ3v) is 3.24. The van der Waals surface area contributed by atoms with Crippen molar-refractivity contribution in [1.29, 1.82) is 0 Å². The van der Waals surface area contributed by atoms with Crippen LogP contribution in [-0.2, 0) is 0 Å². The van der Waals surface area contributed by atoms with Crippen LogP contribution in [0.1, 0.15) is 28.1 Å². The van der Waals surface area contributed by atoms with Crippen molar-refractivity contribution in [3.63, 3.8) is 0 Å². The van der Waals surface area contributed by atoms with Crippen molar-refractivity contribution >= 4 is 10.8 Å². The molecule has 0 fully saturated rings. The predicted octanol–water partition coefficient (Wildman–Crippen LogP) is 3.78. The zero-order valence-corrected chi connectivity index (χ0v) is 10.1. The van der Waals surface area contributed by atoms with E-state index in [0.717, 1.165) is 11.4 Å². The molecule has 0 amide bonds. The van der Waals surface area contributed by atoms with E-state index in [1.165, 1.54) is 27.5 Å². The lowest BCUT2D eigenvalue weighted by Gasteiger charge is -2.13. The van der Waals surface area contributed by atoms with Gasteiger partial charge in [0, 0.05) is 16.8 Å². The molecule has 1 heteroatoms. The van der Waals surface area contributed by atoms with E-state index in [9.17, 15) is 0 Å². The molecule has 0 radical (unpaired) electrons. The van der Waals surface area contributed by atoms with Crippen LogP contribution in [0.3, 0.4) is 0 Å². The van der Waals surface area contributed by atoms with E-state index in [1.54, 1.807) is 0 Å². The Balaban J connectivity index is 3.08. The average molecular weight is 199 g/mol. The fourth-order valence-corrected chi connectivity index (χ4v) is 2.33. The largest absolute Gasteiger partial charge is 0.258 e. The van der Waals surface area contributed by atoms with Gasteiger partial charge in [-0.15, -0.1) is 0 Å². The zero-order chi connectivity index (χ0) is 11.2. The minimum Gasteiger partial charge on any atom is -0.258 e. The molecule has 0 bridgehead atoms. The molecule has 0 N–H and O–H groups in total. The number of aromatic nitrogens is 1. The van der Waals surface area contributed by atoms with Crippen LogP contribution in [-0.4, -0.2) is 4.98 Å². The summed E-state index contributed by atoms with van der Waals surface area (Å²) in [6, 6.07) is 4.38. The van der Waals surface area contributed by atoms with E-state index in [-0.39, 0.29) is 0 Å². The van der Waals surface area contributed by atoms with Gasteiger partial charge in [-0.1, -0.05) is 12.1 Å². The normalized spacial score (nSPS) is 11.0. The third-order valence-electron chi connectivity index (χ3n) is 3.24. The Bertz CT molecular complexity index is 539. The number of rotatable bonds is 0. The molecular formula is C14H17N. The molecule has 1 heterocycles. The minimum atomic E-state index is 1.15. The summed E-state index contributed by atoms with van der Waals surface area (Å²) in [4.78, 5) is 4.60. The van der Waals surface area contributed by atoms with Crippen molar-refractivity contribution < 1.29 is 0 Å². The van der Waals surface area contributed by atoms with Gasteiger partial charge in [-0.25, -0.2) is 0 Å². The van der Waals surface area contributed by atoms with Crippen molar-refractivity contribution in [3.8, 4) is 0 Å². The lowest BCUT2D eigenvalue weighted by Crippen LogP contribution is -1.96. The van der Waals surface area contributed by atoms with Gasteiger partial charge in [-0.05, 0) is 56.7 Å². The molecule has 0 unspecified atom stereocenters. The number of nitrogens with zero attached hydrogens (tertiary/aromatic N) is 1. The van der Waals surface area contributed by atoms with Gasteiger partial charge in [0.2, 0.25) is 0 Å². The number of pyridine rings is 1. The Kier molecular flexibility index (Phi) is 2.26. The number of hydrogen-bond donors (Lipinski definition) is 0. The highest BCUT2D eigenvalue weighted by Gasteiger charge is 2.09. The van der Waals surface area contributed by atoms with Gasteiger partial charge < -0.3 is 0 Å². The molecule has 0 spiro atoms. The Morgan fingerprint density at radius 3 is 1.87 bits per heavy atom. The maximum atomic E-state index is 4.60. The van der Waals surface area contributed by atoms with Crippen LogP contribution in [0.2, 0.25) is 0 Å². The molecule has 1 aromatic carbocycles. The van der Waals surface area contributed by atoms with Gasteiger partial charge in [-0.2, -0.15) is 0 Å². The van der Waals surface area contributed by atoms with Crippen molar-refractivity contribution in [3.05, 3.63) is 40.2 Å². The number of benzene rings is 1. The average Bonchev–Trinajstić information content (AvgIpc) is 2.18. The Morgan fingerprint density at radius 2 is 1.27 bits per heavy atom. The Morgan fingerprint density at radius 1 is 0.733 bits per heavy atom. The zero-order valence-electron chi connectivity index (χ0n) is 10.1. The van der Waals surface area contributed by atoms with E-state index in [1.807, 2.05) is 0 Å². The number of fused-ring (bicyclic) bond motifs is 1. The SMILES string of the molecule is Cc1nc(C)c2c(C)ccc(C)c2c1C. The molecule has 15 heavy (non-hydrogen) atoms. The fraction of sp³-hybridized carbons (Fsp3) is 0.357. The Labute approximate surface area is 91.2 Å².